The Morgan fingerprint density at radius 3 is 2.22 bits per heavy atom. The minimum absolute atomic E-state index is 0.423. The summed E-state index contributed by atoms with van der Waals surface area (Å²) in [6, 6.07) is 27.0. The molecule has 2 heterocycles. The zero-order valence-corrected chi connectivity index (χ0v) is 33.0. The van der Waals surface area contributed by atoms with Gasteiger partial charge in [0.1, 0.15) is 11.5 Å². The number of nitrogens with zero attached hydrogens (tertiary/aromatic N) is 2. The Kier molecular flexibility index (Phi) is 11.8. The van der Waals surface area contributed by atoms with Gasteiger partial charge in [-0.15, -0.1) is 0 Å². The molecule has 2 fully saturated rings. The molecule has 7 heteroatoms. The van der Waals surface area contributed by atoms with Crippen molar-refractivity contribution in [2.75, 3.05) is 59.5 Å². The summed E-state index contributed by atoms with van der Waals surface area (Å²) in [6.45, 7) is 9.20. The maximum Gasteiger partial charge on any atom is 0.164 e. The van der Waals surface area contributed by atoms with Crippen molar-refractivity contribution in [3.63, 3.8) is 0 Å². The normalized spacial score (nSPS) is 16.3. The molecule has 2 aliphatic heterocycles. The summed E-state index contributed by atoms with van der Waals surface area (Å²) >= 11 is 0. The van der Waals surface area contributed by atoms with Crippen molar-refractivity contribution in [1.29, 1.82) is 0 Å². The summed E-state index contributed by atoms with van der Waals surface area (Å²) in [5, 5.41) is 3.57. The Morgan fingerprint density at radius 2 is 1.54 bits per heavy atom. The second-order valence-corrected chi connectivity index (χ2v) is 15.1. The van der Waals surface area contributed by atoms with Gasteiger partial charge in [-0.05, 0) is 138 Å². The number of nitrogens with one attached hydrogen (secondary N) is 1. The third kappa shape index (κ3) is 8.42. The molecule has 4 aromatic carbocycles. The van der Waals surface area contributed by atoms with E-state index in [1.807, 2.05) is 0 Å². The van der Waals surface area contributed by atoms with Crippen LogP contribution in [-0.2, 0) is 13.0 Å². The Labute approximate surface area is 322 Å². The first-order valence-corrected chi connectivity index (χ1v) is 19.7. The van der Waals surface area contributed by atoms with Gasteiger partial charge in [-0.3, -0.25) is 4.90 Å². The molecule has 1 saturated carbocycles. The van der Waals surface area contributed by atoms with Crippen molar-refractivity contribution in [2.24, 2.45) is 0 Å². The van der Waals surface area contributed by atoms with Gasteiger partial charge in [0.2, 0.25) is 0 Å². The lowest BCUT2D eigenvalue weighted by Crippen LogP contribution is -2.45. The third-order valence-electron chi connectivity index (χ3n) is 11.5. The van der Waals surface area contributed by atoms with E-state index in [4.69, 9.17) is 18.9 Å². The van der Waals surface area contributed by atoms with Gasteiger partial charge >= 0.3 is 0 Å². The van der Waals surface area contributed by atoms with Gasteiger partial charge < -0.3 is 29.2 Å². The number of benzene rings is 4. The van der Waals surface area contributed by atoms with Crippen molar-refractivity contribution >= 4 is 11.3 Å². The molecule has 0 unspecified atom stereocenters. The maximum atomic E-state index is 5.81. The lowest BCUT2D eigenvalue weighted by Gasteiger charge is -2.40. The number of aryl methyl sites for hydroxylation is 1. The number of ether oxygens (including phenoxy) is 4. The van der Waals surface area contributed by atoms with Crippen molar-refractivity contribution < 1.29 is 18.9 Å². The summed E-state index contributed by atoms with van der Waals surface area (Å²) in [7, 11) is 6.98. The lowest BCUT2D eigenvalue weighted by atomic mass is 9.94. The Bertz CT molecular complexity index is 1970. The highest BCUT2D eigenvalue weighted by Crippen LogP contribution is 2.49. The molecule has 7 rings (SSSR count). The quantitative estimate of drug-likeness (QED) is 0.131. The number of likely N-dealkylation sites (tertiary alicyclic amines) is 1. The molecule has 1 saturated heterocycles. The zero-order chi connectivity index (χ0) is 37.6. The van der Waals surface area contributed by atoms with E-state index in [-0.39, 0.29) is 0 Å². The van der Waals surface area contributed by atoms with Gasteiger partial charge in [0.05, 0.1) is 28.4 Å². The SMILES string of the molecule is CCCc1cc(C2=CNCC(CN3CCC(N(Cc4cccc(-c5cc(OC)c(OC)c(C6CC6)c5)c4)c4ccc(OC)cc4)CC3)=C2)cc(OC)c1C. The van der Waals surface area contributed by atoms with E-state index in [0.29, 0.717) is 12.0 Å². The molecule has 3 aliphatic rings. The fraction of sp³-hybridized carbons (Fsp3) is 0.404. The van der Waals surface area contributed by atoms with Crippen molar-refractivity contribution in [3.05, 3.63) is 118 Å². The number of allylic oxidation sites excluding steroid dienone is 2. The topological polar surface area (TPSA) is 55.4 Å². The van der Waals surface area contributed by atoms with Crippen molar-refractivity contribution in [1.82, 2.24) is 10.2 Å². The first kappa shape index (κ1) is 37.4. The number of piperidine rings is 1. The third-order valence-corrected chi connectivity index (χ3v) is 11.5. The van der Waals surface area contributed by atoms with Crippen molar-refractivity contribution in [2.45, 2.75) is 70.9 Å². The van der Waals surface area contributed by atoms with E-state index in [1.165, 1.54) is 68.6 Å². The van der Waals surface area contributed by atoms with Crippen LogP contribution in [0.15, 0.2) is 90.6 Å². The molecule has 7 nitrogen and oxygen atoms in total. The van der Waals surface area contributed by atoms with Crippen LogP contribution in [0.5, 0.6) is 23.0 Å². The van der Waals surface area contributed by atoms with Gasteiger partial charge in [0.25, 0.3) is 0 Å². The number of rotatable bonds is 15. The zero-order valence-electron chi connectivity index (χ0n) is 33.0. The summed E-state index contributed by atoms with van der Waals surface area (Å²) in [5.74, 6) is 4.07. The van der Waals surface area contributed by atoms with Gasteiger partial charge in [-0.2, -0.15) is 0 Å². The average Bonchev–Trinajstić information content (AvgIpc) is 4.07. The number of dihydropyridines is 1. The van der Waals surface area contributed by atoms with Crippen LogP contribution < -0.4 is 29.2 Å². The van der Waals surface area contributed by atoms with E-state index in [1.54, 1.807) is 28.4 Å². The van der Waals surface area contributed by atoms with Crippen LogP contribution in [-0.4, -0.2) is 65.6 Å². The number of hydrogen-bond donors (Lipinski definition) is 1. The summed E-state index contributed by atoms with van der Waals surface area (Å²) in [6.07, 6.45) is 11.3. The van der Waals surface area contributed by atoms with E-state index in [0.717, 1.165) is 81.4 Å². The number of methoxy groups -OCH3 is 4. The highest BCUT2D eigenvalue weighted by Gasteiger charge is 2.30. The first-order valence-electron chi connectivity index (χ1n) is 19.7. The predicted octanol–water partition coefficient (Wildman–Crippen LogP) is 9.57. The predicted molar refractivity (Wildman–Crippen MR) is 221 cm³/mol. The average molecular weight is 728 g/mol. The molecule has 1 N–H and O–H groups in total. The second kappa shape index (κ2) is 17.1. The minimum Gasteiger partial charge on any atom is -0.497 e. The van der Waals surface area contributed by atoms with Crippen LogP contribution in [0.2, 0.25) is 0 Å². The van der Waals surface area contributed by atoms with Crippen LogP contribution in [0.4, 0.5) is 5.69 Å². The summed E-state index contributed by atoms with van der Waals surface area (Å²) in [5.41, 5.74) is 12.6. The first-order chi connectivity index (χ1) is 26.4. The lowest BCUT2D eigenvalue weighted by molar-refractivity contribution is 0.222. The molecule has 54 heavy (non-hydrogen) atoms. The standard InChI is InChI=1S/C47H57N3O4/c1-7-9-36-24-38(26-45(52-4)32(36)2)40-23-34(28-48-29-40)30-49-20-18-42(19-21-49)50(41-14-16-43(51-3)17-15-41)31-33-10-8-11-37(22-33)39-25-44(35-12-13-35)47(54-6)46(27-39)53-5/h8,10-11,14-17,22-27,29,35,42,48H,7,9,12-13,18-21,28,30-31H2,1-6H3. The monoisotopic (exact) mass is 727 g/mol. The minimum atomic E-state index is 0.423. The fourth-order valence-electron chi connectivity index (χ4n) is 8.31. The second-order valence-electron chi connectivity index (χ2n) is 15.1. The highest BCUT2D eigenvalue weighted by molar-refractivity contribution is 5.77. The smallest absolute Gasteiger partial charge is 0.164 e. The van der Waals surface area contributed by atoms with Gasteiger partial charge in [-0.1, -0.05) is 43.7 Å². The molecular formula is C47H57N3O4. The van der Waals surface area contributed by atoms with Crippen LogP contribution in [0.25, 0.3) is 16.7 Å². The van der Waals surface area contributed by atoms with E-state index in [2.05, 4.69) is 114 Å². The molecule has 0 aromatic heterocycles. The Balaban J connectivity index is 1.07. The van der Waals surface area contributed by atoms with Crippen LogP contribution in [0.3, 0.4) is 0 Å². The van der Waals surface area contributed by atoms with Crippen LogP contribution >= 0.6 is 0 Å². The molecule has 0 atom stereocenters. The van der Waals surface area contributed by atoms with Crippen LogP contribution in [0.1, 0.15) is 72.8 Å². The fourth-order valence-corrected chi connectivity index (χ4v) is 8.31. The van der Waals surface area contributed by atoms with Crippen LogP contribution in [0, 0.1) is 6.92 Å². The number of hydrogen-bond acceptors (Lipinski definition) is 7. The van der Waals surface area contributed by atoms with E-state index < -0.39 is 0 Å². The molecule has 0 spiro atoms. The molecule has 0 radical (unpaired) electrons. The molecular weight excluding hydrogens is 671 g/mol. The van der Waals surface area contributed by atoms with E-state index in [9.17, 15) is 0 Å². The number of anilines is 1. The Morgan fingerprint density at radius 1 is 0.778 bits per heavy atom. The molecule has 4 aromatic rings. The van der Waals surface area contributed by atoms with Gasteiger partial charge in [-0.25, -0.2) is 0 Å². The molecule has 284 valence electrons. The largest absolute Gasteiger partial charge is 0.497 e. The Hall–Kier alpha value is -4.88. The summed E-state index contributed by atoms with van der Waals surface area (Å²) < 4.78 is 22.9. The molecule has 0 bridgehead atoms. The maximum absolute atomic E-state index is 5.81. The van der Waals surface area contributed by atoms with E-state index >= 15 is 0 Å². The highest BCUT2D eigenvalue weighted by atomic mass is 16.5. The molecule has 0 amide bonds. The van der Waals surface area contributed by atoms with Gasteiger partial charge in [0, 0.05) is 56.2 Å². The van der Waals surface area contributed by atoms with Gasteiger partial charge in [0.15, 0.2) is 11.5 Å². The summed E-state index contributed by atoms with van der Waals surface area (Å²) in [4.78, 5) is 5.24. The molecule has 1 aliphatic carbocycles. The van der Waals surface area contributed by atoms with Crippen molar-refractivity contribution in [3.8, 4) is 34.1 Å².